The number of aryl methyl sites for hydroxylation is 2. The first-order valence-corrected chi connectivity index (χ1v) is 10.4. The van der Waals surface area contributed by atoms with Crippen molar-refractivity contribution in [3.05, 3.63) is 56.7 Å². The number of aromatic nitrogens is 2. The zero-order valence-corrected chi connectivity index (χ0v) is 18.2. The van der Waals surface area contributed by atoms with Gasteiger partial charge in [-0.05, 0) is 66.6 Å². The van der Waals surface area contributed by atoms with Crippen LogP contribution < -0.4 is 0 Å². The topological polar surface area (TPSA) is 46.1 Å². The van der Waals surface area contributed by atoms with Gasteiger partial charge in [-0.3, -0.25) is 9.78 Å². The molecule has 0 saturated carbocycles. The lowest BCUT2D eigenvalue weighted by Crippen LogP contribution is -2.50. The third kappa shape index (κ3) is 5.44. The van der Waals surface area contributed by atoms with E-state index in [1.54, 1.807) is 19.1 Å². The van der Waals surface area contributed by atoms with Crippen molar-refractivity contribution in [3.8, 4) is 0 Å². The summed E-state index contributed by atoms with van der Waals surface area (Å²) in [6.45, 7) is 1.63. The summed E-state index contributed by atoms with van der Waals surface area (Å²) in [4.78, 5) is 22.5. The first-order chi connectivity index (χ1) is 14.0. The van der Waals surface area contributed by atoms with Gasteiger partial charge >= 0.3 is 6.18 Å². The van der Waals surface area contributed by atoms with Crippen molar-refractivity contribution in [2.45, 2.75) is 50.7 Å². The van der Waals surface area contributed by atoms with Gasteiger partial charge in [0.05, 0.1) is 5.56 Å². The minimum atomic E-state index is -4.49. The molecule has 1 saturated heterocycles. The maximum Gasteiger partial charge on any atom is 0.417 e. The number of hydrogen-bond donors (Lipinski definition) is 0. The number of carbonyl (C=O) groups is 1. The van der Waals surface area contributed by atoms with Crippen LogP contribution in [0.2, 0.25) is 0 Å². The Labute approximate surface area is 184 Å². The highest BCUT2D eigenvalue weighted by Gasteiger charge is 2.42. The van der Waals surface area contributed by atoms with Crippen LogP contribution in [0.5, 0.6) is 0 Å². The Morgan fingerprint density at radius 3 is 2.63 bits per heavy atom. The van der Waals surface area contributed by atoms with Crippen molar-refractivity contribution in [1.82, 2.24) is 14.9 Å². The number of hydrogen-bond acceptors (Lipinski definition) is 3. The Balaban J connectivity index is 1.77. The van der Waals surface area contributed by atoms with E-state index in [0.29, 0.717) is 15.0 Å². The molecule has 1 atom stereocenters. The molecule has 162 valence electrons. The highest BCUT2D eigenvalue weighted by molar-refractivity contribution is 14.1. The van der Waals surface area contributed by atoms with E-state index in [0.717, 1.165) is 12.3 Å². The van der Waals surface area contributed by atoms with Crippen LogP contribution in [-0.2, 0) is 12.6 Å². The van der Waals surface area contributed by atoms with E-state index in [2.05, 4.69) is 9.97 Å². The molecule has 0 aliphatic carbocycles. The van der Waals surface area contributed by atoms with Gasteiger partial charge in [0, 0.05) is 46.6 Å². The monoisotopic (exact) mass is 539 g/mol. The largest absolute Gasteiger partial charge is 0.417 e. The average Bonchev–Trinajstić information content (AvgIpc) is 2.67. The Kier molecular flexibility index (Phi) is 6.63. The number of likely N-dealkylation sites (tertiary alicyclic amines) is 1. The number of carbonyl (C=O) groups excluding carboxylic acids is 1. The molecule has 1 unspecified atom stereocenters. The summed E-state index contributed by atoms with van der Waals surface area (Å²) in [6.07, 6.45) is -4.34. The Morgan fingerprint density at radius 1 is 1.27 bits per heavy atom. The molecule has 4 nitrogen and oxygen atoms in total. The molecule has 0 aromatic carbocycles. The molecule has 1 amide bonds. The van der Waals surface area contributed by atoms with Crippen LogP contribution in [0.1, 0.15) is 46.7 Å². The maximum atomic E-state index is 14.1. The molecule has 2 aromatic rings. The number of alkyl halides is 5. The highest BCUT2D eigenvalue weighted by atomic mass is 127. The van der Waals surface area contributed by atoms with E-state index in [1.165, 1.54) is 11.0 Å². The summed E-state index contributed by atoms with van der Waals surface area (Å²) < 4.78 is 66.7. The number of rotatable bonds is 4. The van der Waals surface area contributed by atoms with Gasteiger partial charge in [-0.2, -0.15) is 13.2 Å². The van der Waals surface area contributed by atoms with Crippen LogP contribution in [0.25, 0.3) is 0 Å². The summed E-state index contributed by atoms with van der Waals surface area (Å²) in [5.41, 5.74) is 0.352. The van der Waals surface area contributed by atoms with Crippen LogP contribution in [0.4, 0.5) is 22.0 Å². The maximum absolute atomic E-state index is 14.1. The lowest BCUT2D eigenvalue weighted by Gasteiger charge is -2.39. The summed E-state index contributed by atoms with van der Waals surface area (Å²) in [5, 5.41) is 0. The second-order valence-corrected chi connectivity index (χ2v) is 8.48. The second-order valence-electron chi connectivity index (χ2n) is 7.32. The van der Waals surface area contributed by atoms with E-state index in [1.807, 2.05) is 22.6 Å². The third-order valence-corrected chi connectivity index (χ3v) is 5.90. The Morgan fingerprint density at radius 2 is 2.00 bits per heavy atom. The molecule has 0 N–H and O–H groups in total. The average molecular weight is 539 g/mol. The molecule has 30 heavy (non-hydrogen) atoms. The van der Waals surface area contributed by atoms with E-state index in [9.17, 15) is 26.7 Å². The molecule has 2 aromatic heterocycles. The van der Waals surface area contributed by atoms with Gasteiger partial charge in [0.25, 0.3) is 11.8 Å². The van der Waals surface area contributed by atoms with Crippen molar-refractivity contribution in [3.63, 3.8) is 0 Å². The number of nitrogens with zero attached hydrogens (tertiary/aromatic N) is 3. The zero-order valence-electron chi connectivity index (χ0n) is 16.0. The second kappa shape index (κ2) is 8.72. The normalized spacial score (nSPS) is 19.0. The molecule has 1 aliphatic rings. The SMILES string of the molecule is Cc1ccc(I)c(C(=O)N2CCC(F)(F)CC2CCc2ccc(C(F)(F)F)cn2)n1. The predicted octanol–water partition coefficient (Wildman–Crippen LogP) is 5.28. The zero-order chi connectivity index (χ0) is 22.1. The van der Waals surface area contributed by atoms with Crippen LogP contribution >= 0.6 is 22.6 Å². The van der Waals surface area contributed by atoms with Gasteiger partial charge in [0.1, 0.15) is 5.69 Å². The molecule has 0 spiro atoms. The van der Waals surface area contributed by atoms with Crippen LogP contribution in [0.3, 0.4) is 0 Å². The fourth-order valence-corrected chi connectivity index (χ4v) is 3.96. The minimum absolute atomic E-state index is 0.108. The van der Waals surface area contributed by atoms with Crippen molar-refractivity contribution < 1.29 is 26.7 Å². The predicted molar refractivity (Wildman–Crippen MR) is 108 cm³/mol. The standard InChI is InChI=1S/C20H19F5IN3O/c1-12-2-7-16(26)17(28-12)18(30)29-9-8-19(21,22)10-15(29)6-5-14-4-3-13(11-27-14)20(23,24)25/h2-4,7,11,15H,5-6,8-10H2,1H3. The van der Waals surface area contributed by atoms with Crippen molar-refractivity contribution in [2.75, 3.05) is 6.54 Å². The summed E-state index contributed by atoms with van der Waals surface area (Å²) in [7, 11) is 0. The van der Waals surface area contributed by atoms with Crippen LogP contribution in [-0.4, -0.2) is 39.3 Å². The molecule has 10 heteroatoms. The van der Waals surface area contributed by atoms with Gasteiger partial charge in [0.2, 0.25) is 0 Å². The Bertz CT molecular complexity index is 918. The van der Waals surface area contributed by atoms with Gasteiger partial charge in [-0.25, -0.2) is 13.8 Å². The van der Waals surface area contributed by atoms with E-state index < -0.39 is 42.5 Å². The van der Waals surface area contributed by atoms with E-state index in [4.69, 9.17) is 0 Å². The minimum Gasteiger partial charge on any atom is -0.334 e. The molecule has 3 heterocycles. The quantitative estimate of drug-likeness (QED) is 0.393. The molecule has 0 radical (unpaired) electrons. The molecular formula is C20H19F5IN3O. The van der Waals surface area contributed by atoms with Crippen molar-refractivity contribution in [2.24, 2.45) is 0 Å². The number of piperidine rings is 1. The third-order valence-electron chi connectivity index (χ3n) is 5.03. The number of pyridine rings is 2. The van der Waals surface area contributed by atoms with Crippen LogP contribution in [0, 0.1) is 10.5 Å². The van der Waals surface area contributed by atoms with Gasteiger partial charge in [-0.15, -0.1) is 0 Å². The fourth-order valence-electron chi connectivity index (χ4n) is 3.43. The summed E-state index contributed by atoms with van der Waals surface area (Å²) >= 11 is 1.98. The lowest BCUT2D eigenvalue weighted by molar-refractivity contribution is -0.137. The fraction of sp³-hybridized carbons (Fsp3) is 0.450. The number of halogens is 6. The molecule has 3 rings (SSSR count). The van der Waals surface area contributed by atoms with Crippen molar-refractivity contribution >= 4 is 28.5 Å². The smallest absolute Gasteiger partial charge is 0.334 e. The molecular weight excluding hydrogens is 520 g/mol. The lowest BCUT2D eigenvalue weighted by atomic mass is 9.93. The van der Waals surface area contributed by atoms with Gasteiger partial charge < -0.3 is 4.90 Å². The number of amides is 1. The van der Waals surface area contributed by atoms with Crippen LogP contribution in [0.15, 0.2) is 30.5 Å². The summed E-state index contributed by atoms with van der Waals surface area (Å²) in [6, 6.07) is 4.90. The first-order valence-electron chi connectivity index (χ1n) is 9.30. The molecule has 1 fully saturated rings. The first kappa shape index (κ1) is 22.8. The molecule has 0 bridgehead atoms. The highest BCUT2D eigenvalue weighted by Crippen LogP contribution is 2.35. The van der Waals surface area contributed by atoms with E-state index >= 15 is 0 Å². The van der Waals surface area contributed by atoms with Crippen molar-refractivity contribution in [1.29, 1.82) is 0 Å². The van der Waals surface area contributed by atoms with Gasteiger partial charge in [0.15, 0.2) is 0 Å². The Hall–Kier alpha value is -1.85. The summed E-state index contributed by atoms with van der Waals surface area (Å²) in [5.74, 6) is -3.31. The van der Waals surface area contributed by atoms with E-state index in [-0.39, 0.29) is 25.1 Å². The van der Waals surface area contributed by atoms with Gasteiger partial charge in [-0.1, -0.05) is 0 Å². The molecule has 1 aliphatic heterocycles.